The number of amides is 1. The molecule has 4 rings (SSSR count). The largest absolute Gasteiger partial charge is 0.493 e. The Bertz CT molecular complexity index is 1120. The van der Waals surface area contributed by atoms with Gasteiger partial charge in [0.15, 0.2) is 11.5 Å². The van der Waals surface area contributed by atoms with Gasteiger partial charge in [0.2, 0.25) is 0 Å². The van der Waals surface area contributed by atoms with E-state index in [4.69, 9.17) is 14.2 Å². The molecule has 178 valence electrons. The number of methoxy groups -OCH3 is 2. The van der Waals surface area contributed by atoms with Crippen LogP contribution in [0.15, 0.2) is 60.7 Å². The van der Waals surface area contributed by atoms with Gasteiger partial charge in [-0.25, -0.2) is 4.98 Å². The fourth-order valence-electron chi connectivity index (χ4n) is 3.95. The van der Waals surface area contributed by atoms with Gasteiger partial charge in [0.25, 0.3) is 5.91 Å². The maximum absolute atomic E-state index is 13.2. The van der Waals surface area contributed by atoms with Crippen molar-refractivity contribution in [3.63, 3.8) is 0 Å². The lowest BCUT2D eigenvalue weighted by molar-refractivity contribution is 0.0741. The van der Waals surface area contributed by atoms with Crippen molar-refractivity contribution in [2.24, 2.45) is 0 Å². The van der Waals surface area contributed by atoms with Crippen molar-refractivity contribution in [1.82, 2.24) is 9.88 Å². The number of aromatic nitrogens is 1. The first-order chi connectivity index (χ1) is 16.6. The second-order valence-corrected chi connectivity index (χ2v) is 8.58. The van der Waals surface area contributed by atoms with Gasteiger partial charge in [-0.15, -0.1) is 0 Å². The molecule has 1 fully saturated rings. The van der Waals surface area contributed by atoms with E-state index < -0.39 is 0 Å². The molecule has 0 saturated carbocycles. The monoisotopic (exact) mass is 525 g/mol. The smallest absolute Gasteiger partial charge is 0.272 e. The molecule has 1 aliphatic heterocycles. The Balaban J connectivity index is 1.41. The molecule has 34 heavy (non-hydrogen) atoms. The van der Waals surface area contributed by atoms with Crippen LogP contribution < -0.4 is 19.1 Å². The number of alkyl halides is 1. The highest BCUT2D eigenvalue weighted by Gasteiger charge is 2.23. The molecule has 0 N–H and O–H groups in total. The third kappa shape index (κ3) is 5.44. The van der Waals surface area contributed by atoms with Crippen molar-refractivity contribution in [2.75, 3.05) is 57.2 Å². The highest BCUT2D eigenvalue weighted by atomic mass is 79.9. The molecular formula is C26H28BrN3O4. The normalized spacial score (nSPS) is 13.5. The van der Waals surface area contributed by atoms with E-state index in [1.54, 1.807) is 20.3 Å². The van der Waals surface area contributed by atoms with Gasteiger partial charge < -0.3 is 24.0 Å². The molecule has 0 radical (unpaired) electrons. The Morgan fingerprint density at radius 3 is 2.35 bits per heavy atom. The predicted molar refractivity (Wildman–Crippen MR) is 137 cm³/mol. The summed E-state index contributed by atoms with van der Waals surface area (Å²) in [6.45, 7) is 3.46. The zero-order valence-electron chi connectivity index (χ0n) is 19.4. The first kappa shape index (κ1) is 23.9. The van der Waals surface area contributed by atoms with Crippen LogP contribution in [-0.2, 0) is 0 Å². The minimum atomic E-state index is -0.0551. The number of halogens is 1. The lowest BCUT2D eigenvalue weighted by Crippen LogP contribution is -2.49. The van der Waals surface area contributed by atoms with Crippen LogP contribution in [0.3, 0.4) is 0 Å². The average Bonchev–Trinajstić information content (AvgIpc) is 2.91. The lowest BCUT2D eigenvalue weighted by atomic mass is 10.1. The number of nitrogens with zero attached hydrogens (tertiary/aromatic N) is 3. The predicted octanol–water partition coefficient (Wildman–Crippen LogP) is 4.50. The number of benzene rings is 2. The van der Waals surface area contributed by atoms with Crippen LogP contribution in [-0.4, -0.2) is 68.1 Å². The summed E-state index contributed by atoms with van der Waals surface area (Å²) in [5.41, 5.74) is 3.15. The second-order valence-electron chi connectivity index (χ2n) is 7.79. The van der Waals surface area contributed by atoms with Gasteiger partial charge in [-0.2, -0.15) is 0 Å². The fourth-order valence-corrected chi connectivity index (χ4v) is 4.11. The third-order valence-corrected chi connectivity index (χ3v) is 6.09. The number of pyridine rings is 1. The molecule has 0 atom stereocenters. The molecule has 1 aliphatic rings. The Kier molecular flexibility index (Phi) is 7.90. The van der Waals surface area contributed by atoms with E-state index in [-0.39, 0.29) is 5.91 Å². The number of rotatable bonds is 8. The topological polar surface area (TPSA) is 64.1 Å². The number of carbonyl (C=O) groups is 1. The summed E-state index contributed by atoms with van der Waals surface area (Å²) >= 11 is 3.37. The van der Waals surface area contributed by atoms with Gasteiger partial charge in [-0.1, -0.05) is 22.0 Å². The van der Waals surface area contributed by atoms with Gasteiger partial charge in [-0.3, -0.25) is 4.79 Å². The third-order valence-electron chi connectivity index (χ3n) is 5.76. The number of hydrogen-bond acceptors (Lipinski definition) is 6. The zero-order chi connectivity index (χ0) is 23.9. The van der Waals surface area contributed by atoms with Crippen molar-refractivity contribution in [3.05, 3.63) is 66.4 Å². The standard InChI is InChI=1S/C26H28BrN3O4/c1-32-24-11-6-19(18-25(24)33-2)22-4-3-5-23(28-22)26(31)30-15-13-29(14-16-30)20-7-9-21(10-8-20)34-17-12-27/h3-11,18H,12-17H2,1-2H3. The number of carbonyl (C=O) groups excluding carboxylic acids is 1. The summed E-state index contributed by atoms with van der Waals surface area (Å²) in [6, 6.07) is 19.2. The van der Waals surface area contributed by atoms with Crippen molar-refractivity contribution >= 4 is 27.5 Å². The highest BCUT2D eigenvalue weighted by Crippen LogP contribution is 2.31. The van der Waals surface area contributed by atoms with E-state index in [2.05, 4.69) is 37.9 Å². The highest BCUT2D eigenvalue weighted by molar-refractivity contribution is 9.09. The van der Waals surface area contributed by atoms with E-state index in [0.29, 0.717) is 42.6 Å². The summed E-state index contributed by atoms with van der Waals surface area (Å²) in [6.07, 6.45) is 0. The molecule has 7 nitrogen and oxygen atoms in total. The number of anilines is 1. The Morgan fingerprint density at radius 2 is 1.68 bits per heavy atom. The van der Waals surface area contributed by atoms with E-state index in [1.807, 2.05) is 47.4 Å². The Hall–Kier alpha value is -3.26. The summed E-state index contributed by atoms with van der Waals surface area (Å²) in [5, 5.41) is 0.802. The maximum atomic E-state index is 13.2. The van der Waals surface area contributed by atoms with Crippen LogP contribution in [0.5, 0.6) is 17.2 Å². The quantitative estimate of drug-likeness (QED) is 0.403. The minimum absolute atomic E-state index is 0.0551. The Labute approximate surface area is 208 Å². The second kappa shape index (κ2) is 11.2. The van der Waals surface area contributed by atoms with E-state index in [1.165, 1.54) is 0 Å². The van der Waals surface area contributed by atoms with Crippen LogP contribution in [0.25, 0.3) is 11.3 Å². The molecule has 0 bridgehead atoms. The van der Waals surface area contributed by atoms with Gasteiger partial charge in [0.1, 0.15) is 11.4 Å². The number of hydrogen-bond donors (Lipinski definition) is 0. The first-order valence-corrected chi connectivity index (χ1v) is 12.3. The molecule has 1 amide bonds. The van der Waals surface area contributed by atoms with Crippen LogP contribution in [0.1, 0.15) is 10.5 Å². The van der Waals surface area contributed by atoms with Crippen molar-refractivity contribution in [1.29, 1.82) is 0 Å². The zero-order valence-corrected chi connectivity index (χ0v) is 21.0. The van der Waals surface area contributed by atoms with Crippen LogP contribution >= 0.6 is 15.9 Å². The summed E-state index contributed by atoms with van der Waals surface area (Å²) < 4.78 is 16.3. The van der Waals surface area contributed by atoms with E-state index in [9.17, 15) is 4.79 Å². The maximum Gasteiger partial charge on any atom is 0.272 e. The molecule has 1 saturated heterocycles. The summed E-state index contributed by atoms with van der Waals surface area (Å²) in [7, 11) is 3.20. The minimum Gasteiger partial charge on any atom is -0.493 e. The first-order valence-electron chi connectivity index (χ1n) is 11.2. The molecule has 3 aromatic rings. The Morgan fingerprint density at radius 1 is 0.941 bits per heavy atom. The molecule has 8 heteroatoms. The fraction of sp³-hybridized carbons (Fsp3) is 0.308. The van der Waals surface area contributed by atoms with Gasteiger partial charge in [-0.05, 0) is 54.6 Å². The number of ether oxygens (including phenoxy) is 3. The van der Waals surface area contributed by atoms with Gasteiger partial charge in [0.05, 0.1) is 26.5 Å². The summed E-state index contributed by atoms with van der Waals surface area (Å²) in [4.78, 5) is 22.0. The molecule has 1 aromatic heterocycles. The van der Waals surface area contributed by atoms with E-state index in [0.717, 1.165) is 35.4 Å². The van der Waals surface area contributed by atoms with Crippen molar-refractivity contribution < 1.29 is 19.0 Å². The van der Waals surface area contributed by atoms with Crippen molar-refractivity contribution in [3.8, 4) is 28.5 Å². The van der Waals surface area contributed by atoms with Crippen LogP contribution in [0.2, 0.25) is 0 Å². The van der Waals surface area contributed by atoms with Gasteiger partial charge in [0, 0.05) is 42.8 Å². The SMILES string of the molecule is COc1ccc(-c2cccc(C(=O)N3CCN(c4ccc(OCCBr)cc4)CC3)n2)cc1OC. The van der Waals surface area contributed by atoms with Crippen LogP contribution in [0, 0.1) is 0 Å². The van der Waals surface area contributed by atoms with E-state index >= 15 is 0 Å². The van der Waals surface area contributed by atoms with Gasteiger partial charge >= 0.3 is 0 Å². The molecule has 2 heterocycles. The van der Waals surface area contributed by atoms with Crippen LogP contribution in [0.4, 0.5) is 5.69 Å². The molecule has 2 aromatic carbocycles. The number of piperazine rings is 1. The molecule has 0 unspecified atom stereocenters. The summed E-state index contributed by atoms with van der Waals surface area (Å²) in [5.74, 6) is 2.08. The molecule has 0 spiro atoms. The molecule has 0 aliphatic carbocycles. The lowest BCUT2D eigenvalue weighted by Gasteiger charge is -2.36. The van der Waals surface area contributed by atoms with Crippen molar-refractivity contribution in [2.45, 2.75) is 0 Å². The average molecular weight is 526 g/mol. The molecular weight excluding hydrogens is 498 g/mol.